The summed E-state index contributed by atoms with van der Waals surface area (Å²) < 4.78 is 4.52. The molecule has 0 aliphatic carbocycles. The normalized spacial score (nSPS) is 10.4. The quantitative estimate of drug-likeness (QED) is 0.849. The monoisotopic (exact) mass is 332 g/mol. The number of benzene rings is 1. The number of hydrogen-bond acceptors (Lipinski definition) is 5. The van der Waals surface area contributed by atoms with Crippen molar-refractivity contribution < 1.29 is 14.3 Å². The number of carbonyl (C=O) groups excluding carboxylic acids is 2. The highest BCUT2D eigenvalue weighted by molar-refractivity contribution is 7.14. The van der Waals surface area contributed by atoms with Crippen LogP contribution in [0.2, 0.25) is 0 Å². The van der Waals surface area contributed by atoms with Gasteiger partial charge in [0.25, 0.3) is 0 Å². The molecule has 0 unspecified atom stereocenters. The molecule has 0 spiro atoms. The molecule has 1 heterocycles. The Hall–Kier alpha value is -2.21. The van der Waals surface area contributed by atoms with Gasteiger partial charge in [-0.25, -0.2) is 4.98 Å². The van der Waals surface area contributed by atoms with Gasteiger partial charge in [-0.1, -0.05) is 17.7 Å². The van der Waals surface area contributed by atoms with E-state index in [0.29, 0.717) is 5.13 Å². The van der Waals surface area contributed by atoms with Crippen LogP contribution in [-0.2, 0) is 14.3 Å². The molecule has 0 aliphatic rings. The maximum atomic E-state index is 11.8. The van der Waals surface area contributed by atoms with E-state index in [1.807, 2.05) is 5.38 Å². The van der Waals surface area contributed by atoms with E-state index in [1.54, 1.807) is 0 Å². The third-order valence-electron chi connectivity index (χ3n) is 3.47. The predicted octanol–water partition coefficient (Wildman–Crippen LogP) is 3.63. The summed E-state index contributed by atoms with van der Waals surface area (Å²) >= 11 is 1.38. The second kappa shape index (κ2) is 7.37. The second-order valence-electron chi connectivity index (χ2n) is 5.44. The lowest BCUT2D eigenvalue weighted by Gasteiger charge is -2.08. The van der Waals surface area contributed by atoms with E-state index in [2.05, 4.69) is 47.9 Å². The Balaban J connectivity index is 2.10. The number of ether oxygens (including phenoxy) is 1. The number of amides is 1. The molecule has 122 valence electrons. The number of thiazole rings is 1. The van der Waals surface area contributed by atoms with Crippen molar-refractivity contribution in [3.8, 4) is 11.3 Å². The molecule has 0 fully saturated rings. The van der Waals surface area contributed by atoms with Gasteiger partial charge in [0.2, 0.25) is 5.91 Å². The van der Waals surface area contributed by atoms with Crippen LogP contribution in [0.3, 0.4) is 0 Å². The Morgan fingerprint density at radius 2 is 1.83 bits per heavy atom. The van der Waals surface area contributed by atoms with E-state index in [0.717, 1.165) is 22.4 Å². The van der Waals surface area contributed by atoms with Crippen LogP contribution in [0.25, 0.3) is 11.3 Å². The first-order chi connectivity index (χ1) is 10.9. The number of aromatic nitrogens is 1. The van der Waals surface area contributed by atoms with Gasteiger partial charge >= 0.3 is 5.97 Å². The molecule has 0 atom stereocenters. The van der Waals surface area contributed by atoms with Crippen molar-refractivity contribution in [2.45, 2.75) is 33.6 Å². The molecule has 6 heteroatoms. The molecule has 23 heavy (non-hydrogen) atoms. The average Bonchev–Trinajstić information content (AvgIpc) is 2.91. The first kappa shape index (κ1) is 17.1. The SMILES string of the molecule is COC(=O)CCC(=O)Nc1nc(-c2c(C)cc(C)cc2C)cs1. The summed E-state index contributed by atoms with van der Waals surface area (Å²) in [7, 11) is 1.31. The van der Waals surface area contributed by atoms with Crippen LogP contribution < -0.4 is 5.32 Å². The molecule has 1 amide bonds. The van der Waals surface area contributed by atoms with Gasteiger partial charge in [0.15, 0.2) is 5.13 Å². The van der Waals surface area contributed by atoms with Crippen LogP contribution in [0.15, 0.2) is 17.5 Å². The third kappa shape index (κ3) is 4.39. The summed E-state index contributed by atoms with van der Waals surface area (Å²) in [6, 6.07) is 4.24. The Morgan fingerprint density at radius 1 is 1.17 bits per heavy atom. The van der Waals surface area contributed by atoms with Gasteiger partial charge in [-0.05, 0) is 31.9 Å². The van der Waals surface area contributed by atoms with E-state index < -0.39 is 5.97 Å². The summed E-state index contributed by atoms with van der Waals surface area (Å²) in [4.78, 5) is 27.3. The van der Waals surface area contributed by atoms with Gasteiger partial charge < -0.3 is 10.1 Å². The number of esters is 1. The maximum absolute atomic E-state index is 11.8. The summed E-state index contributed by atoms with van der Waals surface area (Å²) in [5.41, 5.74) is 5.50. The fourth-order valence-electron chi connectivity index (χ4n) is 2.53. The van der Waals surface area contributed by atoms with Gasteiger partial charge in [0.1, 0.15) is 0 Å². The average molecular weight is 332 g/mol. The zero-order valence-corrected chi connectivity index (χ0v) is 14.5. The molecule has 2 rings (SSSR count). The summed E-state index contributed by atoms with van der Waals surface area (Å²) in [5.74, 6) is -0.639. The molecule has 2 aromatic rings. The molecule has 1 N–H and O–H groups in total. The van der Waals surface area contributed by atoms with Gasteiger partial charge in [-0.15, -0.1) is 11.3 Å². The van der Waals surface area contributed by atoms with Gasteiger partial charge in [-0.3, -0.25) is 9.59 Å². The minimum Gasteiger partial charge on any atom is -0.469 e. The summed E-state index contributed by atoms with van der Waals surface area (Å²) in [6.07, 6.45) is 0.154. The lowest BCUT2D eigenvalue weighted by atomic mass is 9.98. The van der Waals surface area contributed by atoms with Crippen molar-refractivity contribution in [1.29, 1.82) is 0 Å². The molecule has 0 saturated heterocycles. The van der Waals surface area contributed by atoms with E-state index in [4.69, 9.17) is 0 Å². The molecule has 1 aromatic heterocycles. The van der Waals surface area contributed by atoms with Gasteiger partial charge in [0, 0.05) is 17.4 Å². The fourth-order valence-corrected chi connectivity index (χ4v) is 3.25. The van der Waals surface area contributed by atoms with Crippen molar-refractivity contribution in [3.05, 3.63) is 34.2 Å². The molecule has 0 aliphatic heterocycles. The van der Waals surface area contributed by atoms with Crippen LogP contribution >= 0.6 is 11.3 Å². The molecule has 0 radical (unpaired) electrons. The number of aryl methyl sites for hydroxylation is 3. The summed E-state index contributed by atoms with van der Waals surface area (Å²) in [5, 5.41) is 5.19. The zero-order valence-electron chi connectivity index (χ0n) is 13.7. The Morgan fingerprint density at radius 3 is 2.43 bits per heavy atom. The van der Waals surface area contributed by atoms with Crippen LogP contribution in [0, 0.1) is 20.8 Å². The lowest BCUT2D eigenvalue weighted by molar-refractivity contribution is -0.141. The highest BCUT2D eigenvalue weighted by Gasteiger charge is 2.13. The molecular formula is C17H20N2O3S. The minimum absolute atomic E-state index is 0.0662. The number of carbonyl (C=O) groups is 2. The van der Waals surface area contributed by atoms with Crippen molar-refractivity contribution in [2.24, 2.45) is 0 Å². The molecular weight excluding hydrogens is 312 g/mol. The highest BCUT2D eigenvalue weighted by atomic mass is 32.1. The number of hydrogen-bond donors (Lipinski definition) is 1. The van der Waals surface area contributed by atoms with Crippen LogP contribution in [0.4, 0.5) is 5.13 Å². The standard InChI is InChI=1S/C17H20N2O3S/c1-10-7-11(2)16(12(3)8-10)13-9-23-17(18-13)19-14(20)5-6-15(21)22-4/h7-9H,5-6H2,1-4H3,(H,18,19,20). The summed E-state index contributed by atoms with van der Waals surface area (Å²) in [6.45, 7) is 6.18. The third-order valence-corrected chi connectivity index (χ3v) is 4.23. The van der Waals surface area contributed by atoms with Gasteiger partial charge in [-0.2, -0.15) is 0 Å². The number of nitrogens with one attached hydrogen (secondary N) is 1. The molecule has 0 bridgehead atoms. The first-order valence-corrected chi connectivity index (χ1v) is 8.19. The van der Waals surface area contributed by atoms with Crippen LogP contribution in [0.5, 0.6) is 0 Å². The number of methoxy groups -OCH3 is 1. The smallest absolute Gasteiger partial charge is 0.306 e. The molecule has 5 nitrogen and oxygen atoms in total. The topological polar surface area (TPSA) is 68.3 Å². The number of nitrogens with zero attached hydrogens (tertiary/aromatic N) is 1. The first-order valence-electron chi connectivity index (χ1n) is 7.31. The Bertz CT molecular complexity index is 714. The minimum atomic E-state index is -0.397. The number of anilines is 1. The van der Waals surface area contributed by atoms with E-state index in [9.17, 15) is 9.59 Å². The van der Waals surface area contributed by atoms with Crippen LogP contribution in [-0.4, -0.2) is 24.0 Å². The lowest BCUT2D eigenvalue weighted by Crippen LogP contribution is -2.13. The molecule has 1 aromatic carbocycles. The van der Waals surface area contributed by atoms with Crippen molar-refractivity contribution in [1.82, 2.24) is 4.98 Å². The highest BCUT2D eigenvalue weighted by Crippen LogP contribution is 2.31. The Labute approximate surface area is 139 Å². The Kier molecular flexibility index (Phi) is 5.50. The fraction of sp³-hybridized carbons (Fsp3) is 0.353. The van der Waals surface area contributed by atoms with Crippen LogP contribution in [0.1, 0.15) is 29.5 Å². The van der Waals surface area contributed by atoms with Crippen molar-refractivity contribution in [3.63, 3.8) is 0 Å². The zero-order chi connectivity index (χ0) is 17.0. The predicted molar refractivity (Wildman–Crippen MR) is 91.6 cm³/mol. The van der Waals surface area contributed by atoms with Crippen molar-refractivity contribution in [2.75, 3.05) is 12.4 Å². The number of rotatable bonds is 5. The molecule has 0 saturated carbocycles. The maximum Gasteiger partial charge on any atom is 0.306 e. The van der Waals surface area contributed by atoms with Crippen molar-refractivity contribution >= 4 is 28.3 Å². The van der Waals surface area contributed by atoms with E-state index in [1.165, 1.54) is 24.0 Å². The van der Waals surface area contributed by atoms with E-state index >= 15 is 0 Å². The largest absolute Gasteiger partial charge is 0.469 e. The van der Waals surface area contributed by atoms with Gasteiger partial charge in [0.05, 0.1) is 19.2 Å². The second-order valence-corrected chi connectivity index (χ2v) is 6.29. The van der Waals surface area contributed by atoms with E-state index in [-0.39, 0.29) is 18.7 Å².